The predicted octanol–water partition coefficient (Wildman–Crippen LogP) is 27.5. The topological polar surface area (TPSA) is 46.2 Å². The first kappa shape index (κ1) is 86.6. The molecule has 0 radical (unpaired) electrons. The second kappa shape index (κ2) is 31.6. The van der Waals surface area contributed by atoms with Gasteiger partial charge in [0.2, 0.25) is 0 Å². The Morgan fingerprint density at radius 3 is 0.325 bits per heavy atom. The lowest BCUT2D eigenvalue weighted by Gasteiger charge is -2.43. The number of benzene rings is 11. The van der Waals surface area contributed by atoms with Gasteiger partial charge in [-0.2, -0.15) is 0 Å². The van der Waals surface area contributed by atoms with Crippen LogP contribution in [0.15, 0.2) is 259 Å². The molecule has 0 aliphatic rings. The van der Waals surface area contributed by atoms with Gasteiger partial charge in [-0.25, -0.2) is 0 Å². The number of hydrogen-bond donors (Lipinski definition) is 0. The number of ether oxygens (including phenoxy) is 5. The average Bonchev–Trinajstić information content (AvgIpc) is 0.688. The van der Waals surface area contributed by atoms with Crippen LogP contribution in [0.25, 0.3) is 0 Å². The van der Waals surface area contributed by atoms with Crippen molar-refractivity contribution in [2.75, 3.05) is 35.5 Å². The van der Waals surface area contributed by atoms with Crippen LogP contribution in [0.4, 0.5) is 0 Å². The van der Waals surface area contributed by atoms with Crippen LogP contribution in [-0.2, 0) is 95.0 Å². The smallest absolute Gasteiger partial charge is 0.143 e. The van der Waals surface area contributed by atoms with E-state index in [-0.39, 0.29) is 43.3 Å². The highest BCUT2D eigenvalue weighted by molar-refractivity contribution is 9.10. The standard InChI is InChI=1S/C108H129BrO5/c1-96(2,3)72-30-46-80(47-31-72)104(110-25,81-48-32-73(33-49-81)97(4,5)6)89-66-90(105(111-26,82-50-34-74(35-51-82)98(7,8)9)83-52-36-75(37-53-83)99(10,11)12)69-93(68-89)108(114-29,88-62-64-95(109)65-63-88)94-70-91(106(112-27,84-54-38-76(39-55-84)100(13,14)15)85-56-40-77(41-57-85)101(16,17)18)67-92(71-94)107(113-28,86-58-42-78(43-59-86)102(19,20)21)87-60-44-79(45-61-87)103(22,23)24/h30-71H,1-29H3. The summed E-state index contributed by atoms with van der Waals surface area (Å²) in [6, 6.07) is 95.9. The minimum Gasteiger partial charge on any atom is -0.364 e. The molecule has 0 aromatic heterocycles. The van der Waals surface area contributed by atoms with Crippen LogP contribution in [0, 0.1) is 0 Å². The Kier molecular flexibility index (Phi) is 24.0. The van der Waals surface area contributed by atoms with E-state index in [9.17, 15) is 0 Å². The summed E-state index contributed by atoms with van der Waals surface area (Å²) in [6.45, 7) is 54.6. The van der Waals surface area contributed by atoms with E-state index in [1.807, 2.05) is 35.5 Å². The Morgan fingerprint density at radius 2 is 0.228 bits per heavy atom. The van der Waals surface area contributed by atoms with Crippen molar-refractivity contribution in [2.45, 2.75) is 237 Å². The third-order valence-corrected chi connectivity index (χ3v) is 24.9. The van der Waals surface area contributed by atoms with Gasteiger partial charge in [-0.3, -0.25) is 0 Å². The van der Waals surface area contributed by atoms with Gasteiger partial charge in [0, 0.05) is 40.0 Å². The van der Waals surface area contributed by atoms with Crippen LogP contribution in [0.2, 0.25) is 0 Å². The molecule has 0 aliphatic heterocycles. The zero-order chi connectivity index (χ0) is 83.6. The quantitative estimate of drug-likeness (QED) is 0.0712. The molecule has 0 bridgehead atoms. The minimum atomic E-state index is -1.55. The summed E-state index contributed by atoms with van der Waals surface area (Å²) < 4.78 is 39.5. The van der Waals surface area contributed by atoms with E-state index in [0.29, 0.717) is 0 Å². The van der Waals surface area contributed by atoms with Gasteiger partial charge in [0.25, 0.3) is 0 Å². The fourth-order valence-corrected chi connectivity index (χ4v) is 17.3. The van der Waals surface area contributed by atoms with Crippen molar-refractivity contribution >= 4 is 15.9 Å². The van der Waals surface area contributed by atoms with Crippen LogP contribution in [-0.4, -0.2) is 35.5 Å². The molecule has 11 aromatic carbocycles. The van der Waals surface area contributed by atoms with Crippen molar-refractivity contribution in [2.24, 2.45) is 0 Å². The van der Waals surface area contributed by atoms with Crippen LogP contribution in [0.1, 0.15) is 294 Å². The molecule has 11 rings (SSSR count). The second-order valence-corrected chi connectivity index (χ2v) is 41.1. The summed E-state index contributed by atoms with van der Waals surface area (Å²) >= 11 is 3.97. The molecule has 5 nitrogen and oxygen atoms in total. The Balaban J connectivity index is 1.43. The normalized spacial score (nSPS) is 13.5. The molecule has 11 aromatic rings. The number of methoxy groups -OCH3 is 5. The average molecular weight is 1590 g/mol. The largest absolute Gasteiger partial charge is 0.364 e. The zero-order valence-electron chi connectivity index (χ0n) is 74.2. The van der Waals surface area contributed by atoms with Gasteiger partial charge in [0.15, 0.2) is 0 Å². The van der Waals surface area contributed by atoms with Crippen molar-refractivity contribution in [1.82, 2.24) is 0 Å². The van der Waals surface area contributed by atoms with Crippen LogP contribution in [0.3, 0.4) is 0 Å². The number of halogens is 1. The molecule has 598 valence electrons. The summed E-state index contributed by atoms with van der Waals surface area (Å²) in [5, 5.41) is 0. The SMILES string of the molecule is COC(c1ccc(C(C)(C)C)cc1)(c1ccc(C(C)(C)C)cc1)c1cc(C(OC)(c2ccc(C(C)(C)C)cc2)c2ccc(C(C)(C)C)cc2)cc(C(OC)(c2ccc(Br)cc2)c2cc(C(OC)(c3ccc(C(C)(C)C)cc3)c3ccc(C(C)(C)C)cc3)cc(C(OC)(c3ccc(C(C)(C)C)cc3)c3ccc(C(C)(C)C)cc3)c2)c1. The molecule has 0 saturated heterocycles. The Bertz CT molecular complexity index is 4280. The highest BCUT2D eigenvalue weighted by Crippen LogP contribution is 2.55. The molecule has 0 unspecified atom stereocenters. The summed E-state index contributed by atoms with van der Waals surface area (Å²) in [6.07, 6.45) is 0. The van der Waals surface area contributed by atoms with Gasteiger partial charge >= 0.3 is 0 Å². The van der Waals surface area contributed by atoms with Crippen molar-refractivity contribution in [3.63, 3.8) is 0 Å². The van der Waals surface area contributed by atoms with Crippen LogP contribution >= 0.6 is 15.9 Å². The third kappa shape index (κ3) is 16.3. The second-order valence-electron chi connectivity index (χ2n) is 40.2. The highest BCUT2D eigenvalue weighted by atomic mass is 79.9. The van der Waals surface area contributed by atoms with E-state index in [1.54, 1.807) is 0 Å². The third-order valence-electron chi connectivity index (χ3n) is 24.3. The van der Waals surface area contributed by atoms with E-state index in [4.69, 9.17) is 23.7 Å². The van der Waals surface area contributed by atoms with E-state index in [1.165, 1.54) is 44.5 Å². The molecule has 0 spiro atoms. The highest BCUT2D eigenvalue weighted by Gasteiger charge is 2.50. The number of rotatable bonds is 20. The molecule has 114 heavy (non-hydrogen) atoms. The van der Waals surface area contributed by atoms with Crippen LogP contribution in [0.5, 0.6) is 0 Å². The summed E-state index contributed by atoms with van der Waals surface area (Å²) in [5.41, 5.74) is 15.2. The maximum atomic E-state index is 8.03. The molecule has 0 saturated carbocycles. The van der Waals surface area contributed by atoms with Gasteiger partial charge < -0.3 is 23.7 Å². The minimum absolute atomic E-state index is 0.146. The van der Waals surface area contributed by atoms with Crippen molar-refractivity contribution < 1.29 is 23.7 Å². The molecule has 0 atom stereocenters. The van der Waals surface area contributed by atoms with Crippen molar-refractivity contribution in [3.8, 4) is 0 Å². The molecular formula is C108H129BrO5. The van der Waals surface area contributed by atoms with E-state index in [0.717, 1.165) is 87.9 Å². The molecule has 0 N–H and O–H groups in total. The lowest BCUT2D eigenvalue weighted by molar-refractivity contribution is 0.0438. The first-order valence-electron chi connectivity index (χ1n) is 40.9. The maximum absolute atomic E-state index is 8.03. The lowest BCUT2D eigenvalue weighted by atomic mass is 9.69. The molecule has 0 heterocycles. The van der Waals surface area contributed by atoms with E-state index < -0.39 is 28.0 Å². The van der Waals surface area contributed by atoms with Gasteiger partial charge in [-0.15, -0.1) is 0 Å². The van der Waals surface area contributed by atoms with Crippen molar-refractivity contribution in [3.05, 3.63) is 387 Å². The van der Waals surface area contributed by atoms with Crippen LogP contribution < -0.4 is 0 Å². The van der Waals surface area contributed by atoms with Gasteiger partial charge in [-0.1, -0.05) is 388 Å². The fourth-order valence-electron chi connectivity index (χ4n) is 17.1. The molecule has 0 aliphatic carbocycles. The maximum Gasteiger partial charge on any atom is 0.143 e. The first-order valence-corrected chi connectivity index (χ1v) is 41.7. The van der Waals surface area contributed by atoms with E-state index in [2.05, 4.69) is 437 Å². The molecule has 0 amide bonds. The number of hydrogen-bond acceptors (Lipinski definition) is 5. The Morgan fingerprint density at radius 1 is 0.140 bits per heavy atom. The first-order chi connectivity index (χ1) is 53.1. The monoisotopic (exact) mass is 1580 g/mol. The van der Waals surface area contributed by atoms with Crippen molar-refractivity contribution in [1.29, 1.82) is 0 Å². The van der Waals surface area contributed by atoms with Gasteiger partial charge in [0.05, 0.1) is 0 Å². The Labute approximate surface area is 695 Å². The summed E-state index contributed by atoms with van der Waals surface area (Å²) in [5.74, 6) is 0. The Hall–Kier alpha value is -8.30. The fraction of sp³-hybridized carbons (Fsp3) is 0.389. The predicted molar refractivity (Wildman–Crippen MR) is 483 cm³/mol. The molecule has 0 fully saturated rings. The summed E-state index contributed by atoms with van der Waals surface area (Å²) in [4.78, 5) is 0. The molecular weight excluding hydrogens is 1460 g/mol. The zero-order valence-corrected chi connectivity index (χ0v) is 75.8. The van der Waals surface area contributed by atoms with Gasteiger partial charge in [0.1, 0.15) is 28.0 Å². The van der Waals surface area contributed by atoms with Gasteiger partial charge in [-0.05, 0) is 220 Å². The summed E-state index contributed by atoms with van der Waals surface area (Å²) in [7, 11) is 9.35. The lowest BCUT2D eigenvalue weighted by Crippen LogP contribution is -2.39. The molecule has 6 heteroatoms. The van der Waals surface area contributed by atoms with E-state index >= 15 is 0 Å².